The lowest BCUT2D eigenvalue weighted by atomic mass is 10.1. The smallest absolute Gasteiger partial charge is 0.268 e. The van der Waals surface area contributed by atoms with E-state index in [1.54, 1.807) is 48.9 Å². The summed E-state index contributed by atoms with van der Waals surface area (Å²) in [6, 6.07) is 10.4. The third-order valence-electron chi connectivity index (χ3n) is 7.14. The Kier molecular flexibility index (Phi) is 7.97. The molecule has 0 radical (unpaired) electrons. The predicted octanol–water partition coefficient (Wildman–Crippen LogP) is 3.92. The van der Waals surface area contributed by atoms with Crippen LogP contribution in [0.15, 0.2) is 70.6 Å². The molecule has 6 rings (SSSR count). The van der Waals surface area contributed by atoms with Crippen LogP contribution in [0.3, 0.4) is 0 Å². The van der Waals surface area contributed by atoms with Crippen molar-refractivity contribution in [1.82, 2.24) is 29.8 Å². The van der Waals surface area contributed by atoms with E-state index in [4.69, 9.17) is 9.15 Å². The number of anilines is 3. The second-order valence-corrected chi connectivity index (χ2v) is 9.98. The number of rotatable bonds is 7. The first-order chi connectivity index (χ1) is 21.0. The number of pyridine rings is 2. The van der Waals surface area contributed by atoms with Gasteiger partial charge >= 0.3 is 0 Å². The van der Waals surface area contributed by atoms with Gasteiger partial charge in [-0.2, -0.15) is 4.98 Å². The van der Waals surface area contributed by atoms with Crippen molar-refractivity contribution in [2.45, 2.75) is 26.4 Å². The molecule has 11 nitrogen and oxygen atoms in total. The van der Waals surface area contributed by atoms with Crippen LogP contribution < -0.4 is 21.1 Å². The molecule has 0 saturated carbocycles. The third-order valence-corrected chi connectivity index (χ3v) is 7.14. The molecule has 0 spiro atoms. The van der Waals surface area contributed by atoms with Gasteiger partial charge in [-0.25, -0.2) is 14.4 Å². The van der Waals surface area contributed by atoms with Crippen molar-refractivity contribution < 1.29 is 13.5 Å². The van der Waals surface area contributed by atoms with Crippen molar-refractivity contribution >= 4 is 28.4 Å². The molecule has 1 aliphatic heterocycles. The van der Waals surface area contributed by atoms with Crippen LogP contribution in [-0.4, -0.2) is 56.8 Å². The number of halogens is 1. The molecule has 1 atom stereocenters. The zero-order valence-electron chi connectivity index (χ0n) is 23.7. The molecule has 0 bridgehead atoms. The van der Waals surface area contributed by atoms with E-state index in [9.17, 15) is 4.79 Å². The molecule has 12 heteroatoms. The molecule has 1 unspecified atom stereocenters. The maximum atomic E-state index is 15.2. The number of hydrogen-bond donors (Lipinski definition) is 2. The fourth-order valence-corrected chi connectivity index (χ4v) is 5.03. The van der Waals surface area contributed by atoms with Crippen LogP contribution >= 0.6 is 0 Å². The Morgan fingerprint density at radius 2 is 2.07 bits per heavy atom. The quantitative estimate of drug-likeness (QED) is 0.274. The van der Waals surface area contributed by atoms with Crippen LogP contribution in [0, 0.1) is 17.8 Å². The summed E-state index contributed by atoms with van der Waals surface area (Å²) in [6.07, 6.45) is 8.78. The van der Waals surface area contributed by atoms with Gasteiger partial charge in [0.05, 0.1) is 24.4 Å². The monoisotopic (exact) mass is 580 g/mol. The topological polar surface area (TPSA) is 123 Å². The SMILES string of the molecule is CCOC#Cc1cc2cnc(Nc3ccc(N4CCNCC4C)c(F)c3)nc2n(Cc2ncoc2-c2ccncc2)c1=O. The summed E-state index contributed by atoms with van der Waals surface area (Å²) < 4.78 is 27.5. The highest BCUT2D eigenvalue weighted by Gasteiger charge is 2.21. The molecule has 4 aromatic heterocycles. The number of nitrogens with zero attached hydrogens (tertiary/aromatic N) is 6. The number of hydrogen-bond acceptors (Lipinski definition) is 10. The van der Waals surface area contributed by atoms with Gasteiger partial charge in [0.2, 0.25) is 5.95 Å². The Balaban J connectivity index is 1.37. The van der Waals surface area contributed by atoms with Crippen LogP contribution in [0.2, 0.25) is 0 Å². The van der Waals surface area contributed by atoms with Gasteiger partial charge in [-0.3, -0.25) is 14.3 Å². The normalized spacial score (nSPS) is 14.8. The molecule has 1 aromatic carbocycles. The van der Waals surface area contributed by atoms with Crippen LogP contribution in [0.25, 0.3) is 22.4 Å². The molecule has 1 fully saturated rings. The van der Waals surface area contributed by atoms with E-state index in [1.807, 2.05) is 6.92 Å². The second kappa shape index (κ2) is 12.3. The molecule has 218 valence electrons. The van der Waals surface area contributed by atoms with E-state index in [-0.39, 0.29) is 35.5 Å². The highest BCUT2D eigenvalue weighted by molar-refractivity contribution is 5.78. The zero-order valence-corrected chi connectivity index (χ0v) is 23.7. The second-order valence-electron chi connectivity index (χ2n) is 9.98. The Morgan fingerprint density at radius 1 is 1.21 bits per heavy atom. The summed E-state index contributed by atoms with van der Waals surface area (Å²) in [4.78, 5) is 33.2. The van der Waals surface area contributed by atoms with Gasteiger partial charge in [0.15, 0.2) is 12.2 Å². The summed E-state index contributed by atoms with van der Waals surface area (Å²) in [5.41, 5.74) is 2.51. The molecular weight excluding hydrogens is 551 g/mol. The summed E-state index contributed by atoms with van der Waals surface area (Å²) in [5, 5.41) is 6.98. The first kappa shape index (κ1) is 27.9. The lowest BCUT2D eigenvalue weighted by molar-refractivity contribution is 0.299. The van der Waals surface area contributed by atoms with E-state index < -0.39 is 0 Å². The summed E-state index contributed by atoms with van der Waals surface area (Å²) in [5.74, 6) is 3.16. The minimum Gasteiger partial charge on any atom is -0.447 e. The lowest BCUT2D eigenvalue weighted by Crippen LogP contribution is -2.50. The summed E-state index contributed by atoms with van der Waals surface area (Å²) in [6.45, 7) is 6.63. The molecule has 1 aliphatic rings. The van der Waals surface area contributed by atoms with E-state index in [0.717, 1.165) is 25.2 Å². The van der Waals surface area contributed by atoms with Crippen molar-refractivity contribution in [3.63, 3.8) is 0 Å². The minimum atomic E-state index is -0.381. The molecule has 5 heterocycles. The standard InChI is InChI=1S/C31H29FN8O3/c1-3-42-13-8-22-14-23-17-35-31(37-24-4-5-27(25(32)15-24)39-12-11-34-16-20(39)2)38-29(23)40(30(22)41)18-26-28(43-19-36-26)21-6-9-33-10-7-21/h4-7,9-10,14-15,17,19-20,34H,3,11-12,16,18H2,1-2H3,(H,35,37,38). The first-order valence-electron chi connectivity index (χ1n) is 13.9. The predicted molar refractivity (Wildman–Crippen MR) is 160 cm³/mol. The summed E-state index contributed by atoms with van der Waals surface area (Å²) >= 11 is 0. The number of nitrogens with one attached hydrogen (secondary N) is 2. The third kappa shape index (κ3) is 5.89. The fourth-order valence-electron chi connectivity index (χ4n) is 5.03. The number of benzene rings is 1. The number of ether oxygens (including phenoxy) is 1. The summed E-state index contributed by atoms with van der Waals surface area (Å²) in [7, 11) is 0. The Morgan fingerprint density at radius 3 is 2.86 bits per heavy atom. The minimum absolute atomic E-state index is 0.0519. The number of oxazole rings is 1. The highest BCUT2D eigenvalue weighted by atomic mass is 19.1. The number of aromatic nitrogens is 5. The Labute approximate surface area is 246 Å². The van der Waals surface area contributed by atoms with Crippen LogP contribution in [0.4, 0.5) is 21.7 Å². The number of fused-ring (bicyclic) bond motifs is 1. The van der Waals surface area contributed by atoms with Crippen LogP contribution in [-0.2, 0) is 11.3 Å². The van der Waals surface area contributed by atoms with E-state index >= 15 is 4.39 Å². The van der Waals surface area contributed by atoms with Crippen molar-refractivity contribution in [3.8, 4) is 23.4 Å². The van der Waals surface area contributed by atoms with Crippen LogP contribution in [0.1, 0.15) is 25.1 Å². The zero-order chi connectivity index (χ0) is 29.8. The molecule has 2 N–H and O–H groups in total. The molecule has 43 heavy (non-hydrogen) atoms. The highest BCUT2D eigenvalue weighted by Crippen LogP contribution is 2.27. The van der Waals surface area contributed by atoms with Crippen molar-refractivity contribution in [3.05, 3.63) is 88.8 Å². The van der Waals surface area contributed by atoms with Crippen molar-refractivity contribution in [1.29, 1.82) is 0 Å². The maximum Gasteiger partial charge on any atom is 0.268 e. The Bertz CT molecular complexity index is 1880. The molecule has 0 amide bonds. The molecule has 5 aromatic rings. The maximum absolute atomic E-state index is 15.2. The van der Waals surface area contributed by atoms with Gasteiger partial charge < -0.3 is 24.7 Å². The van der Waals surface area contributed by atoms with Gasteiger partial charge in [0.1, 0.15) is 23.3 Å². The number of piperazine rings is 1. The average molecular weight is 581 g/mol. The average Bonchev–Trinajstić information content (AvgIpc) is 3.49. The van der Waals surface area contributed by atoms with E-state index in [0.29, 0.717) is 40.5 Å². The molecular formula is C31H29FN8O3. The van der Waals surface area contributed by atoms with E-state index in [2.05, 4.69) is 54.4 Å². The van der Waals surface area contributed by atoms with Crippen molar-refractivity contribution in [2.24, 2.45) is 0 Å². The van der Waals surface area contributed by atoms with Gasteiger partial charge in [0.25, 0.3) is 5.56 Å². The van der Waals surface area contributed by atoms with Gasteiger partial charge in [-0.05, 0) is 56.2 Å². The van der Waals surface area contributed by atoms with E-state index in [1.165, 1.54) is 17.0 Å². The Hall–Kier alpha value is -5.28. The van der Waals surface area contributed by atoms with Gasteiger partial charge in [-0.15, -0.1) is 0 Å². The van der Waals surface area contributed by atoms with Gasteiger partial charge in [0, 0.05) is 60.9 Å². The largest absolute Gasteiger partial charge is 0.447 e. The van der Waals surface area contributed by atoms with Gasteiger partial charge in [-0.1, -0.05) is 0 Å². The van der Waals surface area contributed by atoms with Crippen LogP contribution in [0.5, 0.6) is 0 Å². The first-order valence-corrected chi connectivity index (χ1v) is 13.9. The lowest BCUT2D eigenvalue weighted by Gasteiger charge is -2.36. The fraction of sp³-hybridized carbons (Fsp3) is 0.258. The van der Waals surface area contributed by atoms with Crippen molar-refractivity contribution in [2.75, 3.05) is 36.5 Å². The molecule has 0 aliphatic carbocycles. The molecule has 1 saturated heterocycles.